The number of carbonyl (C=O) groups excluding carboxylic acids is 4. The lowest BCUT2D eigenvalue weighted by Gasteiger charge is -2.50. The number of carboxylic acids is 4. The summed E-state index contributed by atoms with van der Waals surface area (Å²) >= 11 is 4.91. The highest BCUT2D eigenvalue weighted by molar-refractivity contribution is 8.04. The molecule has 24 N–H and O–H groups in total. The topological polar surface area (TPSA) is 771 Å². The number of aliphatic carboxylic acids is 4. The molecule has 21 saturated heterocycles. The summed E-state index contributed by atoms with van der Waals surface area (Å²) in [4.78, 5) is 94.2. The zero-order chi connectivity index (χ0) is 97.2. The molecule has 21 aliphatic heterocycles. The molecule has 0 aromatic carbocycles. The first-order valence-electron chi connectivity index (χ1n) is 43.2. The zero-order valence-corrected chi connectivity index (χ0v) is 75.9. The van der Waals surface area contributed by atoms with Crippen LogP contribution in [-0.4, -0.2) is 510 Å². The number of aliphatic hydroxyl groups is 19. The van der Waals surface area contributed by atoms with Gasteiger partial charge in [0.2, 0.25) is 0 Å². The van der Waals surface area contributed by atoms with E-state index in [2.05, 4.69) is 5.32 Å². The van der Waals surface area contributed by atoms with E-state index in [1.807, 2.05) is 6.92 Å². The lowest BCUT2D eigenvalue weighted by atomic mass is 9.95. The van der Waals surface area contributed by atoms with E-state index in [0.717, 1.165) is 36.4 Å². The fraction of sp³-hybridized carbons (Fsp3) is 0.899. The number of rotatable bonds is 44. The zero-order valence-electron chi connectivity index (χ0n) is 72.7. The minimum Gasteiger partial charge on any atom is -0.481 e. The Morgan fingerprint density at radius 1 is 0.318 bits per heavy atom. The summed E-state index contributed by atoms with van der Waals surface area (Å²) in [6.07, 6.45) is -70.0. The highest BCUT2D eigenvalue weighted by atomic mass is 32.2. The van der Waals surface area contributed by atoms with Crippen molar-refractivity contribution in [1.29, 1.82) is 0 Å². The summed E-state index contributed by atoms with van der Waals surface area (Å²) in [7, 11) is 1.35. The number of hydrogen-bond acceptors (Lipinski definition) is 49. The second-order valence-corrected chi connectivity index (χ2v) is 37.8. The van der Waals surface area contributed by atoms with Crippen LogP contribution in [-0.2, 0) is 119 Å². The maximum absolute atomic E-state index is 13.0. The molecular formula is C79H129NO48S4. The predicted octanol–water partition coefficient (Wildman–Crippen LogP) is -9.87. The molecule has 22 aliphatic rings. The summed E-state index contributed by atoms with van der Waals surface area (Å²) in [6.45, 7) is -0.0778. The van der Waals surface area contributed by atoms with Crippen LogP contribution in [0.5, 0.6) is 0 Å². The number of aliphatic hydroxyl groups excluding tert-OH is 19. The summed E-state index contributed by atoms with van der Waals surface area (Å²) in [6, 6.07) is -1.18. The lowest BCUT2D eigenvalue weighted by molar-refractivity contribution is -0.395. The van der Waals surface area contributed by atoms with E-state index in [9.17, 15) is 151 Å². The second kappa shape index (κ2) is 55.6. The second-order valence-electron chi connectivity index (χ2n) is 33.1. The van der Waals surface area contributed by atoms with Crippen LogP contribution in [0.3, 0.4) is 0 Å². The molecule has 41 atom stereocenters. The van der Waals surface area contributed by atoms with Crippen molar-refractivity contribution in [3.63, 3.8) is 0 Å². The van der Waals surface area contributed by atoms with E-state index >= 15 is 0 Å². The fourth-order valence-corrected chi connectivity index (χ4v) is 21.1. The molecule has 1 aliphatic carbocycles. The first-order valence-corrected chi connectivity index (χ1v) is 47.6. The number of hydrogen-bond donors (Lipinski definition) is 24. The molecule has 14 bridgehead atoms. The first-order chi connectivity index (χ1) is 62.8. The molecule has 22 rings (SSSR count). The molecular weight excluding hydrogens is 1860 g/mol. The van der Waals surface area contributed by atoms with E-state index < -0.39 is 308 Å². The van der Waals surface area contributed by atoms with Crippen molar-refractivity contribution in [2.24, 2.45) is 17.8 Å². The lowest BCUT2D eigenvalue weighted by Crippen LogP contribution is -2.68. The quantitative estimate of drug-likeness (QED) is 0.0252. The average Bonchev–Trinajstić information content (AvgIpc) is 0.796. The van der Waals surface area contributed by atoms with Crippen LogP contribution in [0.25, 0.3) is 0 Å². The number of ether oxygens (including phenoxy) is 17. The van der Waals surface area contributed by atoms with Gasteiger partial charge in [-0.1, -0.05) is 6.92 Å². The largest absolute Gasteiger partial charge is 0.481 e. The molecule has 132 heavy (non-hydrogen) atoms. The van der Waals surface area contributed by atoms with Gasteiger partial charge in [0.25, 0.3) is 0 Å². The molecule has 0 amide bonds. The molecule has 0 aromatic heterocycles. The number of Topliss-reactive ketones (excluding diaryl/α,β-unsaturated/α-hetero) is 4. The minimum absolute atomic E-state index is 0.0140. The van der Waals surface area contributed by atoms with Crippen molar-refractivity contribution in [3.8, 4) is 0 Å². The van der Waals surface area contributed by atoms with E-state index in [-0.39, 0.29) is 106 Å². The van der Waals surface area contributed by atoms with Crippen molar-refractivity contribution < 1.29 is 236 Å². The Morgan fingerprint density at radius 2 is 0.561 bits per heavy atom. The Kier molecular flexibility index (Phi) is 47.9. The van der Waals surface area contributed by atoms with Crippen molar-refractivity contribution in [1.82, 2.24) is 5.32 Å². The van der Waals surface area contributed by atoms with Gasteiger partial charge in [-0.15, -0.1) is 0 Å². The van der Waals surface area contributed by atoms with E-state index in [1.54, 1.807) is 23.5 Å². The first kappa shape index (κ1) is 114. The Bertz CT molecular complexity index is 3520. The average molecular weight is 1990 g/mol. The van der Waals surface area contributed by atoms with E-state index in [1.165, 1.54) is 20.9 Å². The van der Waals surface area contributed by atoms with Gasteiger partial charge >= 0.3 is 23.9 Å². The van der Waals surface area contributed by atoms with Crippen molar-refractivity contribution in [3.05, 3.63) is 0 Å². The van der Waals surface area contributed by atoms with Gasteiger partial charge in [-0.2, -0.15) is 47.0 Å². The molecule has 53 heteroatoms. The van der Waals surface area contributed by atoms with Gasteiger partial charge in [0, 0.05) is 83.5 Å². The molecule has 49 nitrogen and oxygen atoms in total. The molecule has 1 saturated carbocycles. The smallest absolute Gasteiger partial charge is 0.321 e. The number of carbonyl (C=O) groups is 8. The van der Waals surface area contributed by atoms with Crippen molar-refractivity contribution in [2.45, 2.75) is 310 Å². The standard InChI is InChI=1S/C59H97NO41S2.C20H32O7S2/c1-19(66)3-5-86-7-8-87-6-4-21(67)9-20(51(82)83)15-102-17-28-49-35(73)42(80)58(93-28)98-47-26(13-64)89-55(38(76)31(47)69)97-46-25(12-63)92-57(41(79)34(46)72)101-50-29(18-103-16-22(60-2)52(84)85)94-59(43(81)36(50)74)99-48-27(14-65)90-54(39(77)32(48)70)95-44-23(10-61)88-53(37(75)30(44)68)96-45-24(11-62)91-56(100-49)40(78)33(45)71;1-3-14(19(23)24)11-28-17-4-5-18(17)29-12-15(20(25)26)10-16(22)7-9-27-8-6-13(2)21/h20,22-50,53-65,68-81H,3-18H2,1-2H3,(H,82,83)(H,84,85);14-15,17-18H,3-12H2,1-2H3,(H,23,24)(H,25,26)/t20-,22-,23?,24?,25?,26?,27?,28?,29?,30-,31-,32-,33-,34-,35-,36-,37?,38?,39?,40?,41?,42?,43?,44-,45-,46-,47-,48-,49-,50-,53-,54-,55+,56-,57+,58-,59+;/m1./s1. The highest BCUT2D eigenvalue weighted by Gasteiger charge is 2.60. The van der Waals surface area contributed by atoms with Crippen LogP contribution in [0.2, 0.25) is 0 Å². The number of nitrogens with one attached hydrogen (secondary N) is 1. The van der Waals surface area contributed by atoms with Crippen LogP contribution >= 0.6 is 47.0 Å². The third kappa shape index (κ3) is 31.2. The van der Waals surface area contributed by atoms with Gasteiger partial charge in [-0.25, -0.2) is 0 Å². The summed E-state index contributed by atoms with van der Waals surface area (Å²) in [5.74, 6) is -8.04. The predicted molar refractivity (Wildman–Crippen MR) is 446 cm³/mol. The van der Waals surface area contributed by atoms with Crippen molar-refractivity contribution >= 4 is 94.1 Å². The van der Waals surface area contributed by atoms with Gasteiger partial charge in [0.15, 0.2) is 44.0 Å². The summed E-state index contributed by atoms with van der Waals surface area (Å²) < 4.78 is 98.5. The van der Waals surface area contributed by atoms with Crippen molar-refractivity contribution in [2.75, 3.05) is 114 Å². The van der Waals surface area contributed by atoms with Gasteiger partial charge < -0.3 is 203 Å². The highest BCUT2D eigenvalue weighted by Crippen LogP contribution is 2.44. The molecule has 22 fully saturated rings. The van der Waals surface area contributed by atoms with Crippen LogP contribution in [0, 0.1) is 17.8 Å². The molecule has 18 unspecified atom stereocenters. The molecule has 21 heterocycles. The summed E-state index contributed by atoms with van der Waals surface area (Å²) in [5, 5.41) is 259. The number of likely N-dealkylation sites (N-methyl/N-ethyl adjacent to an activating group) is 1. The van der Waals surface area contributed by atoms with Crippen LogP contribution < -0.4 is 5.32 Å². The van der Waals surface area contributed by atoms with Crippen LogP contribution in [0.1, 0.15) is 78.6 Å². The SMILES string of the molecule is CCC(CSC1CCC1SCC(CC(=O)CCOCCC(C)=O)C(=O)O)C(=O)O.CN[C@H](CSCC1O[C@H]2O[C@@H]3C(CO)O[C@H](O[C@@H]4C(CO)O[C@H](O[C@@H]5C(CO)O[C@H](O[C@@H]6C(CSC[C@@H](CC(=O)CCOCCOCCC(C)=O)C(=O)O)O[C@H](O[C@@H]7C(CO)O[C@@H](O[C@@H]8C(CO)O[C@@H](O[C@H]1[C@H](O)C2O)C(O)[C@H]8O)C(O)[C@H]7O)C(O)[C@H]6O)C(O)[C@H]5O)C(O)[C@H]4O)C(O)[C@H]3O)C(=O)O. The maximum atomic E-state index is 13.0. The molecule has 0 spiro atoms. The van der Waals surface area contributed by atoms with Crippen LogP contribution in [0.4, 0.5) is 0 Å². The Labute approximate surface area is 774 Å². The van der Waals surface area contributed by atoms with E-state index in [4.69, 9.17) is 85.6 Å². The molecule has 0 aromatic rings. The number of carboxylic acid groups (broad SMARTS) is 4. The van der Waals surface area contributed by atoms with Gasteiger partial charge in [-0.3, -0.25) is 38.4 Å². The maximum Gasteiger partial charge on any atom is 0.321 e. The van der Waals surface area contributed by atoms with Gasteiger partial charge in [0.05, 0.1) is 103 Å². The normalized spacial score (nSPS) is 39.5. The Hall–Kier alpha value is -3.52. The fourth-order valence-electron chi connectivity index (χ4n) is 15.4. The monoisotopic (exact) mass is 1990 g/mol. The van der Waals surface area contributed by atoms with Gasteiger partial charge in [-0.05, 0) is 40.2 Å². The number of ketones is 4. The minimum atomic E-state index is -2.31. The molecule has 0 radical (unpaired) electrons. The Morgan fingerprint density at radius 3 is 0.803 bits per heavy atom. The summed E-state index contributed by atoms with van der Waals surface area (Å²) in [5.41, 5.74) is 0. The Balaban J connectivity index is 0.000000629. The van der Waals surface area contributed by atoms with E-state index in [0.29, 0.717) is 34.8 Å². The third-order valence-corrected chi connectivity index (χ3v) is 29.2. The van der Waals surface area contributed by atoms with Gasteiger partial charge in [0.1, 0.15) is 188 Å². The molecule has 762 valence electrons. The number of thioether (sulfide) groups is 4. The van der Waals surface area contributed by atoms with Crippen LogP contribution in [0.15, 0.2) is 0 Å². The third-order valence-electron chi connectivity index (χ3n) is 23.5.